The van der Waals surface area contributed by atoms with Gasteiger partial charge in [0.05, 0.1) is 33.0 Å². The molecule has 0 radical (unpaired) electrons. The maximum Gasteiger partial charge on any atom is 0.336 e. The van der Waals surface area contributed by atoms with Crippen LogP contribution in [0.25, 0.3) is 0 Å². The van der Waals surface area contributed by atoms with E-state index < -0.39 is 23.8 Å². The van der Waals surface area contributed by atoms with Crippen LogP contribution in [0.1, 0.15) is 52.0 Å². The molecule has 3 atom stereocenters. The second kappa shape index (κ2) is 10.8. The Morgan fingerprint density at radius 2 is 1.88 bits per heavy atom. The zero-order chi connectivity index (χ0) is 25.0. The number of carbonyl (C=O) groups is 3. The molecule has 8 nitrogen and oxygen atoms in total. The predicted octanol–water partition coefficient (Wildman–Crippen LogP) is 3.66. The van der Waals surface area contributed by atoms with Gasteiger partial charge in [-0.2, -0.15) is 0 Å². The quantitative estimate of drug-likeness (QED) is 0.453. The summed E-state index contributed by atoms with van der Waals surface area (Å²) in [5, 5.41) is 3.25. The van der Waals surface area contributed by atoms with Gasteiger partial charge in [0.25, 0.3) is 0 Å². The summed E-state index contributed by atoms with van der Waals surface area (Å²) in [5.41, 5.74) is 2.72. The number of hydrogen-bond acceptors (Lipinski definition) is 8. The third-order valence-corrected chi connectivity index (χ3v) is 6.22. The van der Waals surface area contributed by atoms with Crippen LogP contribution in [0.2, 0.25) is 0 Å². The van der Waals surface area contributed by atoms with E-state index in [1.165, 1.54) is 14.2 Å². The summed E-state index contributed by atoms with van der Waals surface area (Å²) >= 11 is 0. The van der Waals surface area contributed by atoms with Gasteiger partial charge in [-0.3, -0.25) is 9.59 Å². The number of dihydropyridines is 1. The summed E-state index contributed by atoms with van der Waals surface area (Å²) in [6.07, 6.45) is 1.14. The molecule has 0 bridgehead atoms. The highest BCUT2D eigenvalue weighted by Crippen LogP contribution is 2.46. The number of hydrogen-bond donors (Lipinski definition) is 1. The van der Waals surface area contributed by atoms with E-state index in [2.05, 4.69) is 5.32 Å². The first-order chi connectivity index (χ1) is 16.3. The molecule has 0 saturated heterocycles. The van der Waals surface area contributed by atoms with Crippen molar-refractivity contribution < 1.29 is 33.3 Å². The first-order valence-electron chi connectivity index (χ1n) is 11.6. The van der Waals surface area contributed by atoms with E-state index in [4.69, 9.17) is 18.9 Å². The Morgan fingerprint density at radius 3 is 2.50 bits per heavy atom. The molecule has 0 aromatic heterocycles. The van der Waals surface area contributed by atoms with Gasteiger partial charge in [-0.15, -0.1) is 0 Å². The first kappa shape index (κ1) is 25.3. The molecule has 1 aromatic carbocycles. The topological polar surface area (TPSA) is 100 Å². The predicted molar refractivity (Wildman–Crippen MR) is 125 cm³/mol. The van der Waals surface area contributed by atoms with Crippen molar-refractivity contribution in [3.05, 3.63) is 46.3 Å². The van der Waals surface area contributed by atoms with Crippen molar-refractivity contribution in [2.75, 3.05) is 27.4 Å². The van der Waals surface area contributed by atoms with Gasteiger partial charge >= 0.3 is 11.9 Å². The number of carbonyl (C=O) groups excluding carboxylic acids is 3. The van der Waals surface area contributed by atoms with Crippen molar-refractivity contribution in [1.29, 1.82) is 0 Å². The Balaban J connectivity index is 2.19. The fraction of sp³-hybridized carbons (Fsp3) is 0.500. The van der Waals surface area contributed by atoms with Crippen LogP contribution in [0.3, 0.4) is 0 Å². The summed E-state index contributed by atoms with van der Waals surface area (Å²) in [5.74, 6) is -2.29. The molecule has 0 amide bonds. The van der Waals surface area contributed by atoms with E-state index in [9.17, 15) is 14.4 Å². The van der Waals surface area contributed by atoms with Crippen LogP contribution in [0.15, 0.2) is 40.7 Å². The zero-order valence-electron chi connectivity index (χ0n) is 20.7. The molecule has 1 N–H and O–H groups in total. The van der Waals surface area contributed by atoms with Gasteiger partial charge in [0.1, 0.15) is 5.92 Å². The fourth-order valence-electron chi connectivity index (χ4n) is 4.70. The van der Waals surface area contributed by atoms with E-state index in [0.29, 0.717) is 59.1 Å². The second-order valence-electron chi connectivity index (χ2n) is 8.51. The molecule has 1 heterocycles. The van der Waals surface area contributed by atoms with Gasteiger partial charge in [-0.1, -0.05) is 19.9 Å². The molecule has 184 valence electrons. The molecule has 34 heavy (non-hydrogen) atoms. The summed E-state index contributed by atoms with van der Waals surface area (Å²) in [4.78, 5) is 39.4. The fourth-order valence-corrected chi connectivity index (χ4v) is 4.70. The lowest BCUT2D eigenvalue weighted by Crippen LogP contribution is -2.43. The first-order valence-corrected chi connectivity index (χ1v) is 11.6. The van der Waals surface area contributed by atoms with Crippen LogP contribution in [-0.2, 0) is 23.9 Å². The van der Waals surface area contributed by atoms with Crippen LogP contribution in [0.4, 0.5) is 0 Å². The Bertz CT molecular complexity index is 1040. The van der Waals surface area contributed by atoms with E-state index in [-0.39, 0.29) is 18.3 Å². The van der Waals surface area contributed by atoms with Gasteiger partial charge in [-0.05, 0) is 50.3 Å². The number of methoxy groups -OCH3 is 2. The molecule has 0 unspecified atom stereocenters. The van der Waals surface area contributed by atoms with Crippen molar-refractivity contribution in [3.8, 4) is 11.5 Å². The minimum Gasteiger partial charge on any atom is -0.493 e. The van der Waals surface area contributed by atoms with E-state index in [1.807, 2.05) is 26.8 Å². The van der Waals surface area contributed by atoms with Gasteiger partial charge in [-0.25, -0.2) is 4.79 Å². The van der Waals surface area contributed by atoms with Crippen molar-refractivity contribution in [3.63, 3.8) is 0 Å². The average Bonchev–Trinajstić information content (AvgIpc) is 2.81. The smallest absolute Gasteiger partial charge is 0.336 e. The lowest BCUT2D eigenvalue weighted by molar-refractivity contribution is -0.151. The minimum absolute atomic E-state index is 0.247. The molecule has 0 spiro atoms. The largest absolute Gasteiger partial charge is 0.493 e. The number of allylic oxidation sites excluding steroid dienone is 3. The highest BCUT2D eigenvalue weighted by molar-refractivity contribution is 6.12. The Kier molecular flexibility index (Phi) is 8.02. The maximum atomic E-state index is 13.7. The number of rotatable bonds is 8. The molecule has 1 aromatic rings. The van der Waals surface area contributed by atoms with Crippen LogP contribution < -0.4 is 14.8 Å². The molecule has 0 saturated carbocycles. The van der Waals surface area contributed by atoms with Gasteiger partial charge in [0.2, 0.25) is 0 Å². The monoisotopic (exact) mass is 471 g/mol. The highest BCUT2D eigenvalue weighted by atomic mass is 16.5. The standard InChI is InChI=1S/C26H33NO7/c1-7-11-34-26(30)21-15(4)27-17-12-14(3)20(25(29)32-6)24(28)23(17)22(21)16-9-10-18(33-8-2)19(13-16)31-5/h9-10,13-14,20,22,27H,7-8,11-12H2,1-6H3/t14-,20+,22-/m0/s1. The van der Waals surface area contributed by atoms with Crippen molar-refractivity contribution in [1.82, 2.24) is 5.32 Å². The zero-order valence-corrected chi connectivity index (χ0v) is 20.7. The van der Waals surface area contributed by atoms with Crippen LogP contribution in [0, 0.1) is 11.8 Å². The summed E-state index contributed by atoms with van der Waals surface area (Å²) in [6.45, 7) is 8.16. The molecular formula is C26H33NO7. The lowest BCUT2D eigenvalue weighted by Gasteiger charge is -2.38. The van der Waals surface area contributed by atoms with Crippen molar-refractivity contribution >= 4 is 17.7 Å². The number of benzene rings is 1. The number of nitrogens with one attached hydrogen (secondary N) is 1. The molecule has 8 heteroatoms. The molecule has 0 fully saturated rings. The summed E-state index contributed by atoms with van der Waals surface area (Å²) in [6, 6.07) is 5.34. The molecule has 3 rings (SSSR count). The van der Waals surface area contributed by atoms with E-state index >= 15 is 0 Å². The van der Waals surface area contributed by atoms with Crippen LogP contribution in [-0.4, -0.2) is 45.2 Å². The third kappa shape index (κ3) is 4.67. The van der Waals surface area contributed by atoms with Crippen molar-refractivity contribution in [2.24, 2.45) is 11.8 Å². The number of Topliss-reactive ketones (excluding diaryl/α,β-unsaturated/α-hetero) is 1. The number of ether oxygens (including phenoxy) is 4. The average molecular weight is 472 g/mol. The van der Waals surface area contributed by atoms with E-state index in [1.54, 1.807) is 19.1 Å². The second-order valence-corrected chi connectivity index (χ2v) is 8.51. The van der Waals surface area contributed by atoms with Gasteiger partial charge < -0.3 is 24.3 Å². The van der Waals surface area contributed by atoms with Crippen molar-refractivity contribution in [2.45, 2.75) is 46.5 Å². The third-order valence-electron chi connectivity index (χ3n) is 6.22. The van der Waals surface area contributed by atoms with E-state index in [0.717, 1.165) is 0 Å². The maximum absolute atomic E-state index is 13.7. The SMILES string of the molecule is CCCOC(=O)C1=C(C)NC2=C(C(=O)[C@H](C(=O)OC)[C@@H](C)C2)[C@H]1c1ccc(OCC)c(OC)c1. The summed E-state index contributed by atoms with van der Waals surface area (Å²) < 4.78 is 21.6. The highest BCUT2D eigenvalue weighted by Gasteiger charge is 2.47. The Hall–Kier alpha value is -3.29. The van der Waals surface area contributed by atoms with Crippen LogP contribution >= 0.6 is 0 Å². The normalized spacial score (nSPS) is 22.1. The van der Waals surface area contributed by atoms with Crippen LogP contribution in [0.5, 0.6) is 11.5 Å². The Morgan fingerprint density at radius 1 is 1.15 bits per heavy atom. The minimum atomic E-state index is -0.941. The molecule has 1 aliphatic heterocycles. The molecular weight excluding hydrogens is 438 g/mol. The number of esters is 2. The molecule has 2 aliphatic rings. The summed E-state index contributed by atoms with van der Waals surface area (Å²) in [7, 11) is 2.81. The molecule has 1 aliphatic carbocycles. The number of ketones is 1. The van der Waals surface area contributed by atoms with Gasteiger partial charge in [0, 0.05) is 22.9 Å². The Labute approximate surface area is 200 Å². The van der Waals surface area contributed by atoms with Gasteiger partial charge in [0.15, 0.2) is 17.3 Å². The lowest BCUT2D eigenvalue weighted by atomic mass is 9.69.